The Hall–Kier alpha value is -0.0800. The van der Waals surface area contributed by atoms with Crippen LogP contribution in [0.1, 0.15) is 25.7 Å². The average Bonchev–Trinajstić information content (AvgIpc) is 2.87. The molecule has 3 N–H and O–H groups in total. The van der Waals surface area contributed by atoms with Crippen LogP contribution in [0.15, 0.2) is 0 Å². The minimum absolute atomic E-state index is 0.525. The van der Waals surface area contributed by atoms with Crippen LogP contribution in [0.4, 0.5) is 0 Å². The Morgan fingerprint density at radius 3 is 2.09 bits per heavy atom. The van der Waals surface area contributed by atoms with E-state index in [0.29, 0.717) is 6.04 Å². The first-order valence-electron chi connectivity index (χ1n) is 4.84. The van der Waals surface area contributed by atoms with Crippen molar-refractivity contribution in [2.24, 2.45) is 17.6 Å². The molecule has 2 rings (SSSR count). The molecule has 1 heterocycles. The fourth-order valence-corrected chi connectivity index (χ4v) is 2.10. The van der Waals surface area contributed by atoms with Gasteiger partial charge >= 0.3 is 0 Å². The van der Waals surface area contributed by atoms with E-state index in [-0.39, 0.29) is 0 Å². The van der Waals surface area contributed by atoms with Crippen LogP contribution in [-0.4, -0.2) is 19.1 Å². The van der Waals surface area contributed by atoms with Crippen LogP contribution in [0.2, 0.25) is 0 Å². The molecule has 0 aromatic rings. The highest BCUT2D eigenvalue weighted by Gasteiger charge is 2.33. The summed E-state index contributed by atoms with van der Waals surface area (Å²) in [5.74, 6) is 1.71. The summed E-state index contributed by atoms with van der Waals surface area (Å²) in [6, 6.07) is 0.525. The lowest BCUT2D eigenvalue weighted by atomic mass is 9.88. The fraction of sp³-hybridized carbons (Fsp3) is 1.00. The zero-order valence-corrected chi connectivity index (χ0v) is 7.05. The summed E-state index contributed by atoms with van der Waals surface area (Å²) in [5.41, 5.74) is 6.13. The fourth-order valence-electron chi connectivity index (χ4n) is 2.10. The maximum absolute atomic E-state index is 6.13. The van der Waals surface area contributed by atoms with Gasteiger partial charge in [0.15, 0.2) is 0 Å². The van der Waals surface area contributed by atoms with Crippen molar-refractivity contribution in [1.82, 2.24) is 5.32 Å². The zero-order valence-electron chi connectivity index (χ0n) is 7.05. The van der Waals surface area contributed by atoms with Crippen LogP contribution in [-0.2, 0) is 0 Å². The standard InChI is InChI=1S/C9H18N2/c10-9(7-1-2-7)8-3-5-11-6-4-8/h7-9,11H,1-6,10H2. The SMILES string of the molecule is NC(C1CCNCC1)C1CC1. The first-order valence-corrected chi connectivity index (χ1v) is 4.84. The monoisotopic (exact) mass is 154 g/mol. The lowest BCUT2D eigenvalue weighted by molar-refractivity contribution is 0.298. The molecule has 1 aliphatic heterocycles. The third-order valence-electron chi connectivity index (χ3n) is 3.09. The third kappa shape index (κ3) is 1.74. The van der Waals surface area contributed by atoms with E-state index in [0.717, 1.165) is 11.8 Å². The molecule has 2 heteroatoms. The Kier molecular flexibility index (Phi) is 2.14. The minimum Gasteiger partial charge on any atom is -0.327 e. The molecule has 0 aromatic heterocycles. The molecule has 1 saturated heterocycles. The van der Waals surface area contributed by atoms with Gasteiger partial charge < -0.3 is 11.1 Å². The van der Waals surface area contributed by atoms with Gasteiger partial charge in [-0.3, -0.25) is 0 Å². The molecule has 0 radical (unpaired) electrons. The largest absolute Gasteiger partial charge is 0.327 e. The van der Waals surface area contributed by atoms with Crippen LogP contribution in [0, 0.1) is 11.8 Å². The molecule has 2 fully saturated rings. The van der Waals surface area contributed by atoms with E-state index < -0.39 is 0 Å². The molecule has 1 atom stereocenters. The van der Waals surface area contributed by atoms with Gasteiger partial charge in [-0.25, -0.2) is 0 Å². The first kappa shape index (κ1) is 7.56. The molecular weight excluding hydrogens is 136 g/mol. The number of hydrogen-bond acceptors (Lipinski definition) is 2. The normalized spacial score (nSPS) is 30.3. The zero-order chi connectivity index (χ0) is 7.68. The van der Waals surface area contributed by atoms with Crippen LogP contribution in [0.25, 0.3) is 0 Å². The van der Waals surface area contributed by atoms with Crippen molar-refractivity contribution in [3.8, 4) is 0 Å². The second-order valence-corrected chi connectivity index (χ2v) is 4.00. The Labute approximate surface area is 68.5 Å². The first-order chi connectivity index (χ1) is 5.38. The molecule has 0 amide bonds. The minimum atomic E-state index is 0.525. The maximum Gasteiger partial charge on any atom is 0.00965 e. The molecule has 1 saturated carbocycles. The Bertz CT molecular complexity index is 126. The van der Waals surface area contributed by atoms with Crippen LogP contribution >= 0.6 is 0 Å². The van der Waals surface area contributed by atoms with Gasteiger partial charge in [0, 0.05) is 6.04 Å². The molecule has 0 bridgehead atoms. The summed E-state index contributed by atoms with van der Waals surface area (Å²) in [4.78, 5) is 0. The number of nitrogens with one attached hydrogen (secondary N) is 1. The number of piperidine rings is 1. The average molecular weight is 154 g/mol. The van der Waals surface area contributed by atoms with Gasteiger partial charge in [-0.15, -0.1) is 0 Å². The number of rotatable bonds is 2. The van der Waals surface area contributed by atoms with Gasteiger partial charge in [0.2, 0.25) is 0 Å². The summed E-state index contributed by atoms with van der Waals surface area (Å²) in [6.45, 7) is 2.37. The lowest BCUT2D eigenvalue weighted by Crippen LogP contribution is -2.39. The lowest BCUT2D eigenvalue weighted by Gasteiger charge is -2.27. The van der Waals surface area contributed by atoms with Crippen molar-refractivity contribution < 1.29 is 0 Å². The smallest absolute Gasteiger partial charge is 0.00965 e. The van der Waals surface area contributed by atoms with Gasteiger partial charge in [-0.05, 0) is 50.6 Å². The van der Waals surface area contributed by atoms with E-state index in [2.05, 4.69) is 5.32 Å². The van der Waals surface area contributed by atoms with Gasteiger partial charge in [0.1, 0.15) is 0 Å². The van der Waals surface area contributed by atoms with E-state index in [9.17, 15) is 0 Å². The van der Waals surface area contributed by atoms with Crippen molar-refractivity contribution in [2.75, 3.05) is 13.1 Å². The molecule has 11 heavy (non-hydrogen) atoms. The molecule has 64 valence electrons. The second-order valence-electron chi connectivity index (χ2n) is 4.00. The maximum atomic E-state index is 6.13. The van der Waals surface area contributed by atoms with E-state index in [4.69, 9.17) is 5.73 Å². The van der Waals surface area contributed by atoms with E-state index in [1.807, 2.05) is 0 Å². The Morgan fingerprint density at radius 2 is 1.55 bits per heavy atom. The van der Waals surface area contributed by atoms with Crippen LogP contribution < -0.4 is 11.1 Å². The quantitative estimate of drug-likeness (QED) is 0.615. The van der Waals surface area contributed by atoms with Crippen LogP contribution in [0.5, 0.6) is 0 Å². The summed E-state index contributed by atoms with van der Waals surface area (Å²) in [6.07, 6.45) is 5.39. The highest BCUT2D eigenvalue weighted by molar-refractivity contribution is 4.90. The van der Waals surface area contributed by atoms with Crippen molar-refractivity contribution in [2.45, 2.75) is 31.7 Å². The van der Waals surface area contributed by atoms with Crippen molar-refractivity contribution >= 4 is 0 Å². The highest BCUT2D eigenvalue weighted by atomic mass is 14.9. The number of nitrogens with two attached hydrogens (primary N) is 1. The van der Waals surface area contributed by atoms with Crippen molar-refractivity contribution in [3.63, 3.8) is 0 Å². The van der Waals surface area contributed by atoms with Crippen molar-refractivity contribution in [1.29, 1.82) is 0 Å². The summed E-state index contributed by atoms with van der Waals surface area (Å²) < 4.78 is 0. The predicted octanol–water partition coefficient (Wildman–Crippen LogP) is 0.723. The Balaban J connectivity index is 1.81. The second kappa shape index (κ2) is 3.11. The highest BCUT2D eigenvalue weighted by Crippen LogP contribution is 2.36. The Morgan fingerprint density at radius 1 is 1.00 bits per heavy atom. The molecule has 2 aliphatic rings. The molecule has 0 spiro atoms. The third-order valence-corrected chi connectivity index (χ3v) is 3.09. The van der Waals surface area contributed by atoms with Crippen molar-refractivity contribution in [3.05, 3.63) is 0 Å². The van der Waals surface area contributed by atoms with Gasteiger partial charge in [0.05, 0.1) is 0 Å². The molecule has 2 nitrogen and oxygen atoms in total. The van der Waals surface area contributed by atoms with Crippen LogP contribution in [0.3, 0.4) is 0 Å². The summed E-state index contributed by atoms with van der Waals surface area (Å²) in [7, 11) is 0. The van der Waals surface area contributed by atoms with Gasteiger partial charge in [0.25, 0.3) is 0 Å². The summed E-state index contributed by atoms with van der Waals surface area (Å²) >= 11 is 0. The van der Waals surface area contributed by atoms with E-state index >= 15 is 0 Å². The topological polar surface area (TPSA) is 38.0 Å². The van der Waals surface area contributed by atoms with E-state index in [1.165, 1.54) is 38.8 Å². The summed E-state index contributed by atoms with van der Waals surface area (Å²) in [5, 5.41) is 3.37. The van der Waals surface area contributed by atoms with Gasteiger partial charge in [-0.2, -0.15) is 0 Å². The molecule has 1 aliphatic carbocycles. The van der Waals surface area contributed by atoms with E-state index in [1.54, 1.807) is 0 Å². The van der Waals surface area contributed by atoms with Gasteiger partial charge in [-0.1, -0.05) is 0 Å². The predicted molar refractivity (Wildman–Crippen MR) is 46.3 cm³/mol. The molecular formula is C9H18N2. The molecule has 0 aromatic carbocycles. The number of hydrogen-bond donors (Lipinski definition) is 2. The molecule has 1 unspecified atom stereocenters.